The first-order valence-corrected chi connectivity index (χ1v) is 7.39. The summed E-state index contributed by atoms with van der Waals surface area (Å²) < 4.78 is 5.07. The van der Waals surface area contributed by atoms with Gasteiger partial charge in [0.25, 0.3) is 0 Å². The van der Waals surface area contributed by atoms with Crippen LogP contribution in [-0.4, -0.2) is 47.3 Å². The summed E-state index contributed by atoms with van der Waals surface area (Å²) in [7, 11) is 1.60. The number of rotatable bonds is 5. The summed E-state index contributed by atoms with van der Waals surface area (Å²) in [6.07, 6.45) is 1.31. The van der Waals surface area contributed by atoms with Crippen LogP contribution in [0.5, 0.6) is 5.75 Å². The molecule has 1 atom stereocenters. The average molecular weight is 295 g/mol. The van der Waals surface area contributed by atoms with Gasteiger partial charge >= 0.3 is 5.97 Å². The largest absolute Gasteiger partial charge is 0.497 e. The van der Waals surface area contributed by atoms with Gasteiger partial charge in [-0.25, -0.2) is 4.79 Å². The van der Waals surface area contributed by atoms with E-state index in [0.29, 0.717) is 13.0 Å². The van der Waals surface area contributed by atoms with Crippen molar-refractivity contribution in [1.82, 2.24) is 4.90 Å². The van der Waals surface area contributed by atoms with E-state index in [9.17, 15) is 9.59 Å². The molecule has 5 nitrogen and oxygen atoms in total. The molecule has 1 aliphatic heterocycles. The molecular weight excluding hydrogens is 278 g/mol. The van der Waals surface area contributed by atoms with Crippen LogP contribution in [0.15, 0.2) is 29.2 Å². The van der Waals surface area contributed by atoms with Gasteiger partial charge < -0.3 is 14.7 Å². The third-order valence-electron chi connectivity index (χ3n) is 3.28. The zero-order chi connectivity index (χ0) is 14.5. The number of carboxylic acid groups (broad SMARTS) is 1. The Morgan fingerprint density at radius 2 is 2.10 bits per heavy atom. The van der Waals surface area contributed by atoms with E-state index in [1.165, 1.54) is 16.7 Å². The molecule has 1 saturated heterocycles. The Kier molecular flexibility index (Phi) is 4.89. The second-order valence-corrected chi connectivity index (χ2v) is 5.60. The fraction of sp³-hybridized carbons (Fsp3) is 0.429. The van der Waals surface area contributed by atoms with Gasteiger partial charge in [0.2, 0.25) is 5.91 Å². The maximum absolute atomic E-state index is 12.1. The number of carbonyl (C=O) groups is 2. The number of carboxylic acids is 1. The molecule has 0 radical (unpaired) electrons. The molecule has 108 valence electrons. The Morgan fingerprint density at radius 3 is 2.70 bits per heavy atom. The maximum Gasteiger partial charge on any atom is 0.326 e. The van der Waals surface area contributed by atoms with Crippen molar-refractivity contribution >= 4 is 23.6 Å². The van der Waals surface area contributed by atoms with Gasteiger partial charge in [0.1, 0.15) is 11.8 Å². The molecular formula is C14H17NO4S. The summed E-state index contributed by atoms with van der Waals surface area (Å²) >= 11 is 1.41. The molecule has 1 aromatic rings. The zero-order valence-corrected chi connectivity index (χ0v) is 12.1. The van der Waals surface area contributed by atoms with Gasteiger partial charge in [0.15, 0.2) is 0 Å². The number of hydrogen-bond acceptors (Lipinski definition) is 4. The van der Waals surface area contributed by atoms with Crippen LogP contribution in [0.4, 0.5) is 0 Å². The van der Waals surface area contributed by atoms with Crippen LogP contribution >= 0.6 is 11.8 Å². The van der Waals surface area contributed by atoms with Crippen molar-refractivity contribution in [2.24, 2.45) is 0 Å². The number of ether oxygens (including phenoxy) is 1. The van der Waals surface area contributed by atoms with E-state index in [1.54, 1.807) is 7.11 Å². The molecule has 1 aliphatic rings. The second-order valence-electron chi connectivity index (χ2n) is 4.55. The van der Waals surface area contributed by atoms with E-state index in [-0.39, 0.29) is 11.7 Å². The third-order valence-corrected chi connectivity index (χ3v) is 4.28. The molecule has 0 aliphatic carbocycles. The second kappa shape index (κ2) is 6.65. The molecule has 1 fully saturated rings. The minimum absolute atomic E-state index is 0.115. The Labute approximate surface area is 121 Å². The average Bonchev–Trinajstić information content (AvgIpc) is 2.95. The zero-order valence-electron chi connectivity index (χ0n) is 11.2. The number of hydrogen-bond donors (Lipinski definition) is 1. The van der Waals surface area contributed by atoms with Gasteiger partial charge in [-0.1, -0.05) is 0 Å². The molecule has 0 saturated carbocycles. The molecule has 1 unspecified atom stereocenters. The molecule has 1 amide bonds. The van der Waals surface area contributed by atoms with Crippen LogP contribution in [0.2, 0.25) is 0 Å². The highest BCUT2D eigenvalue weighted by molar-refractivity contribution is 8.00. The topological polar surface area (TPSA) is 66.8 Å². The first-order valence-electron chi connectivity index (χ1n) is 6.41. The van der Waals surface area contributed by atoms with E-state index in [2.05, 4.69) is 0 Å². The number of aliphatic carboxylic acids is 1. The fourth-order valence-electron chi connectivity index (χ4n) is 2.22. The van der Waals surface area contributed by atoms with Crippen molar-refractivity contribution in [3.63, 3.8) is 0 Å². The van der Waals surface area contributed by atoms with Gasteiger partial charge in [0, 0.05) is 11.4 Å². The lowest BCUT2D eigenvalue weighted by molar-refractivity contribution is -0.147. The van der Waals surface area contributed by atoms with E-state index in [4.69, 9.17) is 9.84 Å². The van der Waals surface area contributed by atoms with Gasteiger partial charge in [0.05, 0.1) is 12.9 Å². The van der Waals surface area contributed by atoms with Crippen LogP contribution in [-0.2, 0) is 9.59 Å². The van der Waals surface area contributed by atoms with Crippen molar-refractivity contribution in [3.05, 3.63) is 24.3 Å². The van der Waals surface area contributed by atoms with Gasteiger partial charge in [-0.2, -0.15) is 0 Å². The number of carbonyl (C=O) groups excluding carboxylic acids is 1. The minimum atomic E-state index is -0.912. The lowest BCUT2D eigenvalue weighted by Crippen LogP contribution is -2.41. The van der Waals surface area contributed by atoms with Crippen LogP contribution in [0, 0.1) is 0 Å². The van der Waals surface area contributed by atoms with E-state index in [1.807, 2.05) is 24.3 Å². The van der Waals surface area contributed by atoms with Crippen LogP contribution in [0.3, 0.4) is 0 Å². The van der Waals surface area contributed by atoms with Crippen LogP contribution < -0.4 is 4.74 Å². The molecule has 2 rings (SSSR count). The van der Waals surface area contributed by atoms with Crippen molar-refractivity contribution in [2.45, 2.75) is 23.8 Å². The maximum atomic E-state index is 12.1. The highest BCUT2D eigenvalue weighted by Gasteiger charge is 2.33. The molecule has 20 heavy (non-hydrogen) atoms. The van der Waals surface area contributed by atoms with Gasteiger partial charge in [-0.15, -0.1) is 11.8 Å². The molecule has 0 bridgehead atoms. The Balaban J connectivity index is 1.89. The standard InChI is InChI=1S/C14H17NO4S/c1-19-10-4-6-11(7-5-10)20-9-13(16)15-8-2-3-12(15)14(17)18/h4-7,12H,2-3,8-9H2,1H3,(H,17,18). The number of benzene rings is 1. The molecule has 1 heterocycles. The Bertz CT molecular complexity index is 488. The lowest BCUT2D eigenvalue weighted by Gasteiger charge is -2.21. The summed E-state index contributed by atoms with van der Waals surface area (Å²) in [5.74, 6) is 0.00278. The number of likely N-dealkylation sites (tertiary alicyclic amines) is 1. The number of amides is 1. The summed E-state index contributed by atoms with van der Waals surface area (Å²) in [4.78, 5) is 25.6. The monoisotopic (exact) mass is 295 g/mol. The Hall–Kier alpha value is -1.69. The smallest absolute Gasteiger partial charge is 0.326 e. The predicted molar refractivity (Wildman–Crippen MR) is 76.1 cm³/mol. The number of nitrogens with zero attached hydrogens (tertiary/aromatic N) is 1. The SMILES string of the molecule is COc1ccc(SCC(=O)N2CCCC2C(=O)O)cc1. The summed E-state index contributed by atoms with van der Waals surface area (Å²) in [5.41, 5.74) is 0. The summed E-state index contributed by atoms with van der Waals surface area (Å²) in [5, 5.41) is 9.06. The molecule has 6 heteroatoms. The highest BCUT2D eigenvalue weighted by atomic mass is 32.2. The summed E-state index contributed by atoms with van der Waals surface area (Å²) in [6, 6.07) is 6.79. The summed E-state index contributed by atoms with van der Waals surface area (Å²) in [6.45, 7) is 0.541. The molecule has 0 spiro atoms. The van der Waals surface area contributed by atoms with Crippen molar-refractivity contribution in [1.29, 1.82) is 0 Å². The quantitative estimate of drug-likeness (QED) is 0.840. The highest BCUT2D eigenvalue weighted by Crippen LogP contribution is 2.24. The van der Waals surface area contributed by atoms with Crippen LogP contribution in [0.25, 0.3) is 0 Å². The first kappa shape index (κ1) is 14.7. The van der Waals surface area contributed by atoms with Crippen molar-refractivity contribution < 1.29 is 19.4 Å². The van der Waals surface area contributed by atoms with E-state index >= 15 is 0 Å². The normalized spacial score (nSPS) is 18.1. The van der Waals surface area contributed by atoms with E-state index in [0.717, 1.165) is 17.1 Å². The lowest BCUT2D eigenvalue weighted by atomic mass is 10.2. The first-order chi connectivity index (χ1) is 9.61. The fourth-order valence-corrected chi connectivity index (χ4v) is 3.01. The van der Waals surface area contributed by atoms with Gasteiger partial charge in [-0.05, 0) is 37.1 Å². The van der Waals surface area contributed by atoms with Crippen molar-refractivity contribution in [3.8, 4) is 5.75 Å². The molecule has 1 aromatic carbocycles. The Morgan fingerprint density at radius 1 is 1.40 bits per heavy atom. The van der Waals surface area contributed by atoms with Crippen molar-refractivity contribution in [2.75, 3.05) is 19.4 Å². The third kappa shape index (κ3) is 3.45. The molecule has 1 N–H and O–H groups in total. The molecule has 0 aromatic heterocycles. The predicted octanol–water partition coefficient (Wildman–Crippen LogP) is 1.86. The van der Waals surface area contributed by atoms with Gasteiger partial charge in [-0.3, -0.25) is 4.79 Å². The number of thioether (sulfide) groups is 1. The van der Waals surface area contributed by atoms with Crippen LogP contribution in [0.1, 0.15) is 12.8 Å². The van der Waals surface area contributed by atoms with E-state index < -0.39 is 12.0 Å². The number of methoxy groups -OCH3 is 1. The minimum Gasteiger partial charge on any atom is -0.497 e.